The van der Waals surface area contributed by atoms with Gasteiger partial charge in [0.15, 0.2) is 0 Å². The minimum Gasteiger partial charge on any atom is -0.306 e. The van der Waals surface area contributed by atoms with Gasteiger partial charge in [0.05, 0.1) is 0 Å². The molecule has 0 unspecified atom stereocenters. The topological polar surface area (TPSA) is 45.8 Å². The van der Waals surface area contributed by atoms with Gasteiger partial charge in [-0.1, -0.05) is 42.5 Å². The number of nitrogens with zero attached hydrogens (tertiary/aromatic N) is 1. The molecule has 1 aromatic heterocycles. The van der Waals surface area contributed by atoms with Gasteiger partial charge in [0.1, 0.15) is 5.82 Å². The SMILES string of the molecule is Cc1nc(-c2cccc3ccccc23)[nH]c(=O)c1C. The fraction of sp³-hybridized carbons (Fsp3) is 0.125. The summed E-state index contributed by atoms with van der Waals surface area (Å²) >= 11 is 0. The minimum atomic E-state index is -0.0737. The van der Waals surface area contributed by atoms with Crippen LogP contribution in [-0.2, 0) is 0 Å². The maximum absolute atomic E-state index is 11.9. The van der Waals surface area contributed by atoms with Crippen LogP contribution in [0.1, 0.15) is 11.3 Å². The van der Waals surface area contributed by atoms with Crippen LogP contribution in [0.4, 0.5) is 0 Å². The number of hydrogen-bond donors (Lipinski definition) is 1. The van der Waals surface area contributed by atoms with Gasteiger partial charge in [-0.3, -0.25) is 4.79 Å². The lowest BCUT2D eigenvalue weighted by molar-refractivity contribution is 1.03. The van der Waals surface area contributed by atoms with Crippen molar-refractivity contribution in [2.75, 3.05) is 0 Å². The van der Waals surface area contributed by atoms with Gasteiger partial charge in [-0.2, -0.15) is 0 Å². The molecule has 2 aromatic carbocycles. The van der Waals surface area contributed by atoms with Crippen LogP contribution in [0.2, 0.25) is 0 Å². The summed E-state index contributed by atoms with van der Waals surface area (Å²) in [5.74, 6) is 0.630. The average molecular weight is 250 g/mol. The average Bonchev–Trinajstić information content (AvgIpc) is 2.43. The highest BCUT2D eigenvalue weighted by atomic mass is 16.1. The summed E-state index contributed by atoms with van der Waals surface area (Å²) in [5.41, 5.74) is 2.32. The highest BCUT2D eigenvalue weighted by Crippen LogP contribution is 2.25. The number of H-pyrrole nitrogens is 1. The van der Waals surface area contributed by atoms with Gasteiger partial charge >= 0.3 is 0 Å². The van der Waals surface area contributed by atoms with E-state index < -0.39 is 0 Å². The molecule has 0 aliphatic carbocycles. The molecule has 3 heteroatoms. The van der Waals surface area contributed by atoms with Crippen molar-refractivity contribution in [3.63, 3.8) is 0 Å². The lowest BCUT2D eigenvalue weighted by Crippen LogP contribution is -2.14. The van der Waals surface area contributed by atoms with Crippen LogP contribution in [0.3, 0.4) is 0 Å². The number of aromatic amines is 1. The molecule has 0 radical (unpaired) electrons. The summed E-state index contributed by atoms with van der Waals surface area (Å²) in [4.78, 5) is 19.2. The van der Waals surface area contributed by atoms with Crippen molar-refractivity contribution in [1.29, 1.82) is 0 Å². The Labute approximate surface area is 111 Å². The zero-order chi connectivity index (χ0) is 13.4. The van der Waals surface area contributed by atoms with Crippen LogP contribution < -0.4 is 5.56 Å². The van der Waals surface area contributed by atoms with Crippen molar-refractivity contribution in [2.24, 2.45) is 0 Å². The van der Waals surface area contributed by atoms with Crippen molar-refractivity contribution in [3.05, 3.63) is 64.1 Å². The Morgan fingerprint density at radius 3 is 2.53 bits per heavy atom. The number of nitrogens with one attached hydrogen (secondary N) is 1. The molecule has 94 valence electrons. The first-order valence-corrected chi connectivity index (χ1v) is 6.22. The second kappa shape index (κ2) is 4.35. The lowest BCUT2D eigenvalue weighted by Gasteiger charge is -2.07. The predicted octanol–water partition coefficient (Wildman–Crippen LogP) is 3.21. The third kappa shape index (κ3) is 1.93. The Balaban J connectivity index is 2.34. The van der Waals surface area contributed by atoms with E-state index in [1.165, 1.54) is 0 Å². The molecule has 3 aromatic rings. The number of fused-ring (bicyclic) bond motifs is 1. The van der Waals surface area contributed by atoms with Gasteiger partial charge in [-0.25, -0.2) is 4.98 Å². The summed E-state index contributed by atoms with van der Waals surface area (Å²) < 4.78 is 0. The van der Waals surface area contributed by atoms with Gasteiger partial charge in [-0.15, -0.1) is 0 Å². The third-order valence-electron chi connectivity index (χ3n) is 3.44. The zero-order valence-electron chi connectivity index (χ0n) is 10.9. The molecule has 0 saturated heterocycles. The quantitative estimate of drug-likeness (QED) is 0.720. The van der Waals surface area contributed by atoms with Crippen molar-refractivity contribution >= 4 is 10.8 Å². The van der Waals surface area contributed by atoms with Crippen LogP contribution in [0, 0.1) is 13.8 Å². The summed E-state index contributed by atoms with van der Waals surface area (Å²) in [6.45, 7) is 3.65. The summed E-state index contributed by atoms with van der Waals surface area (Å²) in [5, 5.41) is 2.23. The molecular formula is C16H14N2O. The molecule has 0 aliphatic rings. The second-order valence-corrected chi connectivity index (χ2v) is 4.65. The highest BCUT2D eigenvalue weighted by molar-refractivity contribution is 5.94. The normalized spacial score (nSPS) is 10.8. The Morgan fingerprint density at radius 1 is 1.00 bits per heavy atom. The molecule has 0 amide bonds. The molecule has 1 N–H and O–H groups in total. The van der Waals surface area contributed by atoms with Crippen molar-refractivity contribution in [3.8, 4) is 11.4 Å². The van der Waals surface area contributed by atoms with Gasteiger partial charge in [-0.05, 0) is 24.6 Å². The highest BCUT2D eigenvalue weighted by Gasteiger charge is 2.08. The van der Waals surface area contributed by atoms with Crippen molar-refractivity contribution in [1.82, 2.24) is 9.97 Å². The van der Waals surface area contributed by atoms with Gasteiger partial charge in [0.2, 0.25) is 0 Å². The summed E-state index contributed by atoms with van der Waals surface area (Å²) in [6, 6.07) is 14.1. The van der Waals surface area contributed by atoms with Crippen LogP contribution >= 0.6 is 0 Å². The number of aromatic nitrogens is 2. The van der Waals surface area contributed by atoms with Crippen LogP contribution in [0.15, 0.2) is 47.3 Å². The fourth-order valence-corrected chi connectivity index (χ4v) is 2.20. The van der Waals surface area contributed by atoms with E-state index >= 15 is 0 Å². The van der Waals surface area contributed by atoms with E-state index in [9.17, 15) is 4.79 Å². The van der Waals surface area contributed by atoms with E-state index in [1.807, 2.05) is 37.3 Å². The third-order valence-corrected chi connectivity index (χ3v) is 3.44. The molecule has 0 fully saturated rings. The van der Waals surface area contributed by atoms with Gasteiger partial charge in [0, 0.05) is 16.8 Å². The molecule has 0 aliphatic heterocycles. The molecule has 1 heterocycles. The molecule has 19 heavy (non-hydrogen) atoms. The van der Waals surface area contributed by atoms with Crippen LogP contribution in [0.5, 0.6) is 0 Å². The van der Waals surface area contributed by atoms with Crippen LogP contribution in [0.25, 0.3) is 22.2 Å². The molecule has 3 nitrogen and oxygen atoms in total. The number of aryl methyl sites for hydroxylation is 1. The van der Waals surface area contributed by atoms with E-state index in [0.717, 1.165) is 22.0 Å². The number of hydrogen-bond acceptors (Lipinski definition) is 2. The zero-order valence-corrected chi connectivity index (χ0v) is 10.9. The van der Waals surface area contributed by atoms with Gasteiger partial charge < -0.3 is 4.98 Å². The summed E-state index contributed by atoms with van der Waals surface area (Å²) in [7, 11) is 0. The molecule has 0 atom stereocenters. The molecule has 3 rings (SSSR count). The second-order valence-electron chi connectivity index (χ2n) is 4.65. The van der Waals surface area contributed by atoms with Gasteiger partial charge in [0.25, 0.3) is 5.56 Å². The molecular weight excluding hydrogens is 236 g/mol. The largest absolute Gasteiger partial charge is 0.306 e. The predicted molar refractivity (Wildman–Crippen MR) is 77.3 cm³/mol. The van der Waals surface area contributed by atoms with Crippen LogP contribution in [-0.4, -0.2) is 9.97 Å². The number of benzene rings is 2. The maximum Gasteiger partial charge on any atom is 0.254 e. The lowest BCUT2D eigenvalue weighted by atomic mass is 10.0. The Hall–Kier alpha value is -2.42. The Kier molecular flexibility index (Phi) is 2.67. The smallest absolute Gasteiger partial charge is 0.254 e. The first-order valence-electron chi connectivity index (χ1n) is 6.22. The Bertz CT molecular complexity index is 813. The van der Waals surface area contributed by atoms with E-state index in [-0.39, 0.29) is 5.56 Å². The molecule has 0 bridgehead atoms. The maximum atomic E-state index is 11.9. The Morgan fingerprint density at radius 2 is 1.74 bits per heavy atom. The minimum absolute atomic E-state index is 0.0737. The van der Waals surface area contributed by atoms with E-state index in [1.54, 1.807) is 6.92 Å². The van der Waals surface area contributed by atoms with E-state index in [2.05, 4.69) is 22.1 Å². The van der Waals surface area contributed by atoms with Crippen molar-refractivity contribution < 1.29 is 0 Å². The molecule has 0 spiro atoms. The number of rotatable bonds is 1. The first-order chi connectivity index (χ1) is 9.16. The van der Waals surface area contributed by atoms with Crippen molar-refractivity contribution in [2.45, 2.75) is 13.8 Å². The monoisotopic (exact) mass is 250 g/mol. The fourth-order valence-electron chi connectivity index (χ4n) is 2.20. The standard InChI is InChI=1S/C16H14N2O/c1-10-11(2)17-15(18-16(10)19)14-9-5-7-12-6-3-4-8-13(12)14/h3-9H,1-2H3,(H,17,18,19). The summed E-state index contributed by atoms with van der Waals surface area (Å²) in [6.07, 6.45) is 0. The van der Waals surface area contributed by atoms with E-state index in [0.29, 0.717) is 11.4 Å². The first kappa shape index (κ1) is 11.7. The van der Waals surface area contributed by atoms with E-state index in [4.69, 9.17) is 0 Å². The molecule has 0 saturated carbocycles.